The lowest BCUT2D eigenvalue weighted by Gasteiger charge is -2.43. The third kappa shape index (κ3) is 6.02. The first-order valence-electron chi connectivity index (χ1n) is 12.3. The number of likely N-dealkylation sites (tertiary alicyclic amines) is 1. The molecule has 1 aromatic carbocycles. The van der Waals surface area contributed by atoms with Gasteiger partial charge in [0.1, 0.15) is 5.54 Å². The number of urea groups is 1. The lowest BCUT2D eigenvalue weighted by molar-refractivity contribution is -0.915. The van der Waals surface area contributed by atoms with Gasteiger partial charge in [0.05, 0.1) is 36.7 Å². The monoisotopic (exact) mass is 536 g/mol. The summed E-state index contributed by atoms with van der Waals surface area (Å²) in [5.74, 6) is -0.303. The maximum atomic E-state index is 12.7. The van der Waals surface area contributed by atoms with Crippen molar-refractivity contribution in [2.24, 2.45) is 0 Å². The Kier molecular flexibility index (Phi) is 7.92. The fraction of sp³-hybridized carbons (Fsp3) is 0.520. The average molecular weight is 537 g/mol. The van der Waals surface area contributed by atoms with E-state index >= 15 is 0 Å². The van der Waals surface area contributed by atoms with Crippen LogP contribution in [0, 0.1) is 0 Å². The quantitative estimate of drug-likeness (QED) is 0.331. The van der Waals surface area contributed by atoms with E-state index in [1.54, 1.807) is 29.2 Å². The van der Waals surface area contributed by atoms with E-state index in [-0.39, 0.29) is 17.7 Å². The van der Waals surface area contributed by atoms with E-state index in [0.717, 1.165) is 36.1 Å². The van der Waals surface area contributed by atoms with Crippen LogP contribution in [-0.4, -0.2) is 96.4 Å². The summed E-state index contributed by atoms with van der Waals surface area (Å²) >= 11 is 12.0. The molecule has 4 rings (SSSR count). The zero-order valence-electron chi connectivity index (χ0n) is 20.4. The van der Waals surface area contributed by atoms with Crippen LogP contribution in [0.2, 0.25) is 10.0 Å². The van der Waals surface area contributed by atoms with Gasteiger partial charge >= 0.3 is 6.03 Å². The van der Waals surface area contributed by atoms with E-state index in [2.05, 4.69) is 17.7 Å². The minimum atomic E-state index is -0.764. The molecule has 0 atom stereocenters. The number of quaternary nitrogens is 1. The topological polar surface area (TPSA) is 98.8 Å². The number of nitrogens with one attached hydrogen (secondary N) is 2. The number of piperidine rings is 1. The summed E-state index contributed by atoms with van der Waals surface area (Å²) in [5.41, 5.74) is 0.0151. The van der Waals surface area contributed by atoms with E-state index in [1.165, 1.54) is 6.08 Å². The van der Waals surface area contributed by atoms with Crippen LogP contribution < -0.4 is 10.6 Å². The predicted octanol–water partition coefficient (Wildman–Crippen LogP) is 2.28. The molecule has 36 heavy (non-hydrogen) atoms. The Hall–Kier alpha value is -2.62. The molecule has 0 bridgehead atoms. The third-order valence-electron chi connectivity index (χ3n) is 7.56. The average Bonchev–Trinajstić information content (AvgIpc) is 2.99. The van der Waals surface area contributed by atoms with Gasteiger partial charge in [0.25, 0.3) is 5.91 Å². The molecule has 0 aromatic heterocycles. The van der Waals surface area contributed by atoms with Crippen molar-refractivity contribution < 1.29 is 23.7 Å². The van der Waals surface area contributed by atoms with Gasteiger partial charge in [0.2, 0.25) is 11.8 Å². The van der Waals surface area contributed by atoms with E-state index in [1.807, 2.05) is 4.90 Å². The Balaban J connectivity index is 1.24. The molecule has 3 fully saturated rings. The molecular weight excluding hydrogens is 505 g/mol. The Morgan fingerprint density at radius 1 is 1.11 bits per heavy atom. The highest BCUT2D eigenvalue weighted by Gasteiger charge is 2.51. The number of carbonyl (C=O) groups excluding carboxylic acids is 4. The molecule has 194 valence electrons. The number of rotatable bonds is 6. The number of hydrogen-bond acceptors (Lipinski definition) is 4. The molecule has 0 aliphatic carbocycles. The Labute approximate surface area is 221 Å². The molecule has 11 heteroatoms. The first kappa shape index (κ1) is 26.4. The zero-order valence-corrected chi connectivity index (χ0v) is 21.9. The smallest absolute Gasteiger partial charge is 0.322 e. The lowest BCUT2D eigenvalue weighted by Crippen LogP contribution is -2.61. The summed E-state index contributed by atoms with van der Waals surface area (Å²) in [6.45, 7) is 4.47. The molecule has 3 saturated heterocycles. The summed E-state index contributed by atoms with van der Waals surface area (Å²) in [7, 11) is 2.16. The van der Waals surface area contributed by atoms with Crippen LogP contribution in [0.3, 0.4) is 0 Å². The first-order valence-corrected chi connectivity index (χ1v) is 13.0. The minimum Gasteiger partial charge on any atom is -0.341 e. The maximum absolute atomic E-state index is 12.7. The van der Waals surface area contributed by atoms with Crippen LogP contribution >= 0.6 is 23.2 Å². The van der Waals surface area contributed by atoms with Crippen molar-refractivity contribution in [3.8, 4) is 0 Å². The van der Waals surface area contributed by atoms with Crippen molar-refractivity contribution in [3.63, 3.8) is 0 Å². The van der Waals surface area contributed by atoms with Crippen LogP contribution in [0.1, 0.15) is 31.2 Å². The summed E-state index contributed by atoms with van der Waals surface area (Å²) < 4.78 is 0.803. The van der Waals surface area contributed by atoms with Gasteiger partial charge < -0.3 is 19.6 Å². The Bertz CT molecular complexity index is 1080. The van der Waals surface area contributed by atoms with Gasteiger partial charge in [-0.1, -0.05) is 29.3 Å². The van der Waals surface area contributed by atoms with Gasteiger partial charge in [-0.3, -0.25) is 19.7 Å². The van der Waals surface area contributed by atoms with E-state index in [4.69, 9.17) is 23.2 Å². The van der Waals surface area contributed by atoms with Gasteiger partial charge in [-0.05, 0) is 23.8 Å². The normalized spacial score (nSPS) is 26.9. The summed E-state index contributed by atoms with van der Waals surface area (Å²) in [5, 5.41) is 6.04. The summed E-state index contributed by atoms with van der Waals surface area (Å²) in [6.07, 6.45) is 5.55. The molecule has 1 spiro atoms. The van der Waals surface area contributed by atoms with Crippen molar-refractivity contribution in [1.29, 1.82) is 0 Å². The minimum absolute atomic E-state index is 0.0596. The highest BCUT2D eigenvalue weighted by Crippen LogP contribution is 2.29. The predicted molar refractivity (Wildman–Crippen MR) is 137 cm³/mol. The molecule has 3 aliphatic rings. The summed E-state index contributed by atoms with van der Waals surface area (Å²) in [4.78, 5) is 52.7. The highest BCUT2D eigenvalue weighted by molar-refractivity contribution is 6.42. The van der Waals surface area contributed by atoms with Crippen molar-refractivity contribution >= 4 is 53.0 Å². The van der Waals surface area contributed by atoms with Crippen LogP contribution in [0.5, 0.6) is 0 Å². The second-order valence-corrected chi connectivity index (χ2v) is 10.9. The fourth-order valence-electron chi connectivity index (χ4n) is 5.12. The Morgan fingerprint density at radius 2 is 1.86 bits per heavy atom. The molecule has 5 amide bonds. The molecule has 0 radical (unpaired) electrons. The second kappa shape index (κ2) is 10.8. The molecule has 3 heterocycles. The first-order chi connectivity index (χ1) is 17.1. The van der Waals surface area contributed by atoms with Crippen molar-refractivity contribution in [2.75, 3.05) is 52.9 Å². The van der Waals surface area contributed by atoms with Crippen molar-refractivity contribution in [3.05, 3.63) is 39.9 Å². The van der Waals surface area contributed by atoms with Gasteiger partial charge in [0, 0.05) is 57.9 Å². The van der Waals surface area contributed by atoms with Gasteiger partial charge in [-0.15, -0.1) is 0 Å². The van der Waals surface area contributed by atoms with Crippen LogP contribution in [0.25, 0.3) is 6.08 Å². The number of benzene rings is 1. The van der Waals surface area contributed by atoms with Crippen LogP contribution in [0.15, 0.2) is 24.3 Å². The van der Waals surface area contributed by atoms with E-state index in [9.17, 15) is 19.2 Å². The molecular formula is C25H32Cl2N5O4+. The largest absolute Gasteiger partial charge is 0.341 e. The molecule has 2 N–H and O–H groups in total. The van der Waals surface area contributed by atoms with E-state index in [0.29, 0.717) is 55.5 Å². The molecule has 1 aromatic rings. The van der Waals surface area contributed by atoms with Crippen LogP contribution in [-0.2, 0) is 14.4 Å². The fourth-order valence-corrected chi connectivity index (χ4v) is 5.42. The zero-order chi connectivity index (χ0) is 25.9. The molecule has 3 aliphatic heterocycles. The maximum Gasteiger partial charge on any atom is 0.322 e. The van der Waals surface area contributed by atoms with Crippen molar-refractivity contribution in [2.45, 2.75) is 31.2 Å². The number of hydrogen-bond donors (Lipinski definition) is 2. The second-order valence-electron chi connectivity index (χ2n) is 10.1. The molecule has 0 unspecified atom stereocenters. The number of nitrogens with zero attached hydrogens (tertiary/aromatic N) is 3. The number of carbonyl (C=O) groups is 4. The third-order valence-corrected chi connectivity index (χ3v) is 8.30. The lowest BCUT2D eigenvalue weighted by atomic mass is 9.86. The van der Waals surface area contributed by atoms with Crippen LogP contribution in [0.4, 0.5) is 4.79 Å². The highest BCUT2D eigenvalue weighted by atomic mass is 35.5. The van der Waals surface area contributed by atoms with Crippen molar-refractivity contribution in [1.82, 2.24) is 20.4 Å². The van der Waals surface area contributed by atoms with E-state index < -0.39 is 11.6 Å². The number of halogens is 2. The summed E-state index contributed by atoms with van der Waals surface area (Å²) in [6, 6.07) is 4.76. The van der Waals surface area contributed by atoms with Gasteiger partial charge in [0.15, 0.2) is 0 Å². The SMILES string of the molecule is C[N+]1(CCCN2CCN(C(=O)C=Cc3ccc(Cl)c(Cl)c3)CCC2=O)CCC2(CC1)NC(=O)NC2=O. The molecule has 0 saturated carbocycles. The number of amides is 5. The number of imide groups is 1. The standard InChI is InChI=1S/C25H31Cl2N5O4/c1-32(15-8-25(9-16-32)23(35)28-24(36)29-25)14-2-10-30-12-13-31(11-7-22(30)34)21(33)6-4-18-3-5-19(26)20(27)17-18/h3-6,17H,2,7-16H2,1H3,(H-,28,29,35,36)/p+1. The van der Waals surface area contributed by atoms with Gasteiger partial charge in [-0.2, -0.15) is 0 Å². The molecule has 9 nitrogen and oxygen atoms in total. The Morgan fingerprint density at radius 3 is 2.53 bits per heavy atom. The van der Waals surface area contributed by atoms with Gasteiger partial charge in [-0.25, -0.2) is 4.79 Å².